The molecule has 0 spiro atoms. The molecule has 0 aliphatic carbocycles. The van der Waals surface area contributed by atoms with Crippen molar-refractivity contribution >= 4 is 28.5 Å². The van der Waals surface area contributed by atoms with Gasteiger partial charge in [-0.1, -0.05) is 18.2 Å². The lowest BCUT2D eigenvalue weighted by molar-refractivity contribution is 0.785. The summed E-state index contributed by atoms with van der Waals surface area (Å²) < 4.78 is 1.74. The van der Waals surface area contributed by atoms with Gasteiger partial charge in [0.1, 0.15) is 5.82 Å². The maximum absolute atomic E-state index is 4.58. The molecule has 6 heteroatoms. The fraction of sp³-hybridized carbons (Fsp3) is 0.235. The second kappa shape index (κ2) is 6.08. The van der Waals surface area contributed by atoms with Gasteiger partial charge in [-0.3, -0.25) is 4.68 Å². The van der Waals surface area contributed by atoms with E-state index in [0.717, 1.165) is 28.1 Å². The molecule has 0 unspecified atom stereocenters. The quantitative estimate of drug-likeness (QED) is 0.708. The first-order valence-electron chi connectivity index (χ1n) is 7.47. The molecule has 0 amide bonds. The van der Waals surface area contributed by atoms with Crippen LogP contribution in [-0.2, 0) is 7.05 Å². The Hall–Kier alpha value is -2.89. The lowest BCUT2D eigenvalue weighted by Gasteiger charge is -2.12. The van der Waals surface area contributed by atoms with Crippen LogP contribution in [0.4, 0.5) is 17.5 Å². The Bertz CT molecular complexity index is 865. The van der Waals surface area contributed by atoms with E-state index in [-0.39, 0.29) is 0 Å². The fourth-order valence-electron chi connectivity index (χ4n) is 2.36. The molecular formula is C17H20N6. The molecule has 0 fully saturated rings. The van der Waals surface area contributed by atoms with Crippen LogP contribution < -0.4 is 10.6 Å². The first-order chi connectivity index (χ1) is 11.1. The number of nitrogens with one attached hydrogen (secondary N) is 2. The molecule has 2 N–H and O–H groups in total. The molecule has 0 aliphatic heterocycles. The van der Waals surface area contributed by atoms with E-state index in [2.05, 4.69) is 64.3 Å². The smallest absolute Gasteiger partial charge is 0.226 e. The molecule has 0 saturated carbocycles. The molecule has 0 saturated heterocycles. The highest BCUT2D eigenvalue weighted by molar-refractivity contribution is 5.89. The van der Waals surface area contributed by atoms with Gasteiger partial charge in [-0.15, -0.1) is 6.58 Å². The molecule has 1 aromatic carbocycles. The number of aryl methyl sites for hydroxylation is 3. The maximum atomic E-state index is 4.58. The second-order valence-corrected chi connectivity index (χ2v) is 5.51. The molecule has 0 bridgehead atoms. The molecular weight excluding hydrogens is 288 g/mol. The highest BCUT2D eigenvalue weighted by atomic mass is 15.3. The molecule has 0 aliphatic rings. The third kappa shape index (κ3) is 3.01. The minimum Gasteiger partial charge on any atom is -0.351 e. The van der Waals surface area contributed by atoms with E-state index in [0.29, 0.717) is 12.5 Å². The van der Waals surface area contributed by atoms with Crippen LogP contribution in [0, 0.1) is 13.8 Å². The number of hydrogen-bond acceptors (Lipinski definition) is 5. The van der Waals surface area contributed by atoms with Crippen LogP contribution in [0.25, 0.3) is 11.0 Å². The van der Waals surface area contributed by atoms with Crippen molar-refractivity contribution in [1.29, 1.82) is 0 Å². The second-order valence-electron chi connectivity index (χ2n) is 5.51. The summed E-state index contributed by atoms with van der Waals surface area (Å²) in [6.07, 6.45) is 3.55. The van der Waals surface area contributed by atoms with Gasteiger partial charge in [-0.25, -0.2) is 0 Å². The van der Waals surface area contributed by atoms with Crippen LogP contribution in [0.1, 0.15) is 11.1 Å². The summed E-state index contributed by atoms with van der Waals surface area (Å²) in [5.74, 6) is 1.29. The Morgan fingerprint density at radius 1 is 1.26 bits per heavy atom. The van der Waals surface area contributed by atoms with Crippen molar-refractivity contribution in [2.75, 3.05) is 17.2 Å². The zero-order valence-electron chi connectivity index (χ0n) is 13.6. The Labute approximate surface area is 135 Å². The number of hydrogen-bond donors (Lipinski definition) is 2. The van der Waals surface area contributed by atoms with E-state index < -0.39 is 0 Å². The van der Waals surface area contributed by atoms with Gasteiger partial charge in [0.25, 0.3) is 0 Å². The molecule has 2 heterocycles. The lowest BCUT2D eigenvalue weighted by atomic mass is 10.1. The molecule has 0 atom stereocenters. The number of rotatable bonds is 5. The van der Waals surface area contributed by atoms with E-state index in [1.807, 2.05) is 7.05 Å². The lowest BCUT2D eigenvalue weighted by Crippen LogP contribution is -2.07. The minimum atomic E-state index is 0.550. The van der Waals surface area contributed by atoms with Crippen LogP contribution in [0.5, 0.6) is 0 Å². The van der Waals surface area contributed by atoms with Crippen molar-refractivity contribution in [1.82, 2.24) is 19.7 Å². The Balaban J connectivity index is 2.07. The molecule has 3 rings (SSSR count). The van der Waals surface area contributed by atoms with Gasteiger partial charge in [-0.2, -0.15) is 15.1 Å². The van der Waals surface area contributed by atoms with Crippen LogP contribution in [0.3, 0.4) is 0 Å². The van der Waals surface area contributed by atoms with Gasteiger partial charge in [0, 0.05) is 19.3 Å². The Kier molecular flexibility index (Phi) is 3.97. The largest absolute Gasteiger partial charge is 0.351 e. The molecule has 3 aromatic rings. The Morgan fingerprint density at radius 3 is 2.87 bits per heavy atom. The van der Waals surface area contributed by atoms with Gasteiger partial charge < -0.3 is 10.6 Å². The number of benzene rings is 1. The predicted octanol–water partition coefficient (Wildman–Crippen LogP) is 3.32. The van der Waals surface area contributed by atoms with Crippen molar-refractivity contribution in [3.8, 4) is 0 Å². The normalized spacial score (nSPS) is 10.7. The average Bonchev–Trinajstić information content (AvgIpc) is 2.90. The van der Waals surface area contributed by atoms with Crippen LogP contribution in [0.2, 0.25) is 0 Å². The van der Waals surface area contributed by atoms with Crippen molar-refractivity contribution in [3.63, 3.8) is 0 Å². The van der Waals surface area contributed by atoms with Crippen molar-refractivity contribution in [3.05, 3.63) is 48.2 Å². The van der Waals surface area contributed by atoms with Gasteiger partial charge >= 0.3 is 0 Å². The maximum Gasteiger partial charge on any atom is 0.226 e. The van der Waals surface area contributed by atoms with Gasteiger partial charge in [0.15, 0.2) is 5.65 Å². The van der Waals surface area contributed by atoms with Crippen LogP contribution in [0.15, 0.2) is 37.1 Å². The van der Waals surface area contributed by atoms with Gasteiger partial charge in [0.05, 0.1) is 11.6 Å². The van der Waals surface area contributed by atoms with Crippen molar-refractivity contribution < 1.29 is 0 Å². The summed E-state index contributed by atoms with van der Waals surface area (Å²) in [6.45, 7) is 8.45. The average molecular weight is 308 g/mol. The highest BCUT2D eigenvalue weighted by Gasteiger charge is 2.12. The first kappa shape index (κ1) is 15.0. The SMILES string of the molecule is C=CCNc1nc(Nc2cc(C)ccc2C)c2cnn(C)c2n1. The van der Waals surface area contributed by atoms with Gasteiger partial charge in [0.2, 0.25) is 5.95 Å². The van der Waals surface area contributed by atoms with Crippen molar-refractivity contribution in [2.24, 2.45) is 7.05 Å². The predicted molar refractivity (Wildman–Crippen MR) is 94.2 cm³/mol. The third-order valence-corrected chi connectivity index (χ3v) is 3.64. The van der Waals surface area contributed by atoms with E-state index in [9.17, 15) is 0 Å². The standard InChI is InChI=1S/C17H20N6/c1-5-8-18-17-21-15(13-10-19-23(4)16(13)22-17)20-14-9-11(2)6-7-12(14)3/h5-7,9-10H,1,8H2,2-4H3,(H2,18,20,21,22). The third-order valence-electron chi connectivity index (χ3n) is 3.64. The van der Waals surface area contributed by atoms with E-state index in [1.165, 1.54) is 5.56 Å². The summed E-state index contributed by atoms with van der Waals surface area (Å²) >= 11 is 0. The van der Waals surface area contributed by atoms with Crippen LogP contribution >= 0.6 is 0 Å². The number of aromatic nitrogens is 4. The summed E-state index contributed by atoms with van der Waals surface area (Å²) in [5.41, 5.74) is 4.16. The summed E-state index contributed by atoms with van der Waals surface area (Å²) in [4.78, 5) is 9.09. The topological polar surface area (TPSA) is 67.7 Å². The summed E-state index contributed by atoms with van der Waals surface area (Å²) in [6, 6.07) is 6.30. The molecule has 118 valence electrons. The monoisotopic (exact) mass is 308 g/mol. The summed E-state index contributed by atoms with van der Waals surface area (Å²) in [5, 5.41) is 11.7. The van der Waals surface area contributed by atoms with Crippen molar-refractivity contribution in [2.45, 2.75) is 13.8 Å². The minimum absolute atomic E-state index is 0.550. The molecule has 0 radical (unpaired) electrons. The van der Waals surface area contributed by atoms with Crippen LogP contribution in [-0.4, -0.2) is 26.3 Å². The summed E-state index contributed by atoms with van der Waals surface area (Å²) in [7, 11) is 1.87. The number of fused-ring (bicyclic) bond motifs is 1. The fourth-order valence-corrected chi connectivity index (χ4v) is 2.36. The van der Waals surface area contributed by atoms with Gasteiger partial charge in [-0.05, 0) is 31.0 Å². The molecule has 6 nitrogen and oxygen atoms in total. The first-order valence-corrected chi connectivity index (χ1v) is 7.47. The zero-order valence-corrected chi connectivity index (χ0v) is 13.6. The molecule has 2 aromatic heterocycles. The molecule has 23 heavy (non-hydrogen) atoms. The number of anilines is 3. The zero-order chi connectivity index (χ0) is 16.4. The number of nitrogens with zero attached hydrogens (tertiary/aromatic N) is 4. The highest BCUT2D eigenvalue weighted by Crippen LogP contribution is 2.27. The Morgan fingerprint density at radius 2 is 2.09 bits per heavy atom. The van der Waals surface area contributed by atoms with E-state index in [1.54, 1.807) is 17.0 Å². The van der Waals surface area contributed by atoms with E-state index >= 15 is 0 Å². The van der Waals surface area contributed by atoms with E-state index in [4.69, 9.17) is 0 Å².